The van der Waals surface area contributed by atoms with Gasteiger partial charge in [-0.15, -0.1) is 23.4 Å². The van der Waals surface area contributed by atoms with Gasteiger partial charge in [0, 0.05) is 17.8 Å². The van der Waals surface area contributed by atoms with E-state index in [4.69, 9.17) is 34.8 Å². The van der Waals surface area contributed by atoms with Crippen molar-refractivity contribution in [3.8, 4) is 0 Å². The second kappa shape index (κ2) is 5.97. The van der Waals surface area contributed by atoms with Crippen molar-refractivity contribution in [1.29, 1.82) is 0 Å². The van der Waals surface area contributed by atoms with Crippen molar-refractivity contribution in [3.05, 3.63) is 22.3 Å². The highest BCUT2D eigenvalue weighted by Gasteiger charge is 2.02. The van der Waals surface area contributed by atoms with E-state index in [2.05, 4.69) is 4.98 Å². The van der Waals surface area contributed by atoms with Crippen LogP contribution in [0.25, 0.3) is 0 Å². The van der Waals surface area contributed by atoms with Crippen LogP contribution in [0.3, 0.4) is 0 Å². The van der Waals surface area contributed by atoms with Gasteiger partial charge in [-0.1, -0.05) is 23.2 Å². The van der Waals surface area contributed by atoms with Crippen molar-refractivity contribution in [3.63, 3.8) is 0 Å². The van der Waals surface area contributed by atoms with Crippen LogP contribution < -0.4 is 0 Å². The number of halogens is 3. The van der Waals surface area contributed by atoms with Gasteiger partial charge < -0.3 is 0 Å². The molecule has 5 heteroatoms. The first-order valence-corrected chi connectivity index (χ1v) is 6.01. The van der Waals surface area contributed by atoms with Gasteiger partial charge >= 0.3 is 0 Å². The molecule has 0 aliphatic carbocycles. The molecule has 0 unspecified atom stereocenters. The lowest BCUT2D eigenvalue weighted by atomic mass is 10.5. The molecule has 1 nitrogen and oxygen atoms in total. The lowest BCUT2D eigenvalue weighted by Crippen LogP contribution is -1.85. The fourth-order valence-electron chi connectivity index (χ4n) is 0.732. The van der Waals surface area contributed by atoms with E-state index >= 15 is 0 Å². The van der Waals surface area contributed by atoms with Crippen molar-refractivity contribution in [2.24, 2.45) is 0 Å². The molecule has 1 aromatic heterocycles. The topological polar surface area (TPSA) is 12.9 Å². The number of hydrogen-bond acceptors (Lipinski definition) is 2. The van der Waals surface area contributed by atoms with Gasteiger partial charge in [0.1, 0.15) is 5.03 Å². The van der Waals surface area contributed by atoms with E-state index in [1.807, 2.05) is 0 Å². The molecule has 0 saturated carbocycles. The number of thioether (sulfide) groups is 1. The molecule has 0 amide bonds. The molecule has 0 fully saturated rings. The zero-order valence-electron chi connectivity index (χ0n) is 6.77. The highest BCUT2D eigenvalue weighted by molar-refractivity contribution is 7.99. The van der Waals surface area contributed by atoms with E-state index in [0.29, 0.717) is 15.9 Å². The minimum absolute atomic E-state index is 0.562. The molecule has 0 atom stereocenters. The molecule has 0 aliphatic heterocycles. The number of rotatable bonds is 4. The fraction of sp³-hybridized carbons (Fsp3) is 0.375. The molecule has 0 saturated heterocycles. The Hall–Kier alpha value is 0.370. The van der Waals surface area contributed by atoms with Crippen LogP contribution in [0.5, 0.6) is 0 Å². The van der Waals surface area contributed by atoms with Crippen LogP contribution in [-0.4, -0.2) is 16.6 Å². The Balaban J connectivity index is 2.56. The molecule has 1 aromatic rings. The third-order valence-electron chi connectivity index (χ3n) is 1.29. The van der Waals surface area contributed by atoms with Crippen LogP contribution in [0.15, 0.2) is 17.3 Å². The SMILES string of the molecule is ClCCCSc1ncc(Cl)cc1Cl. The number of pyridine rings is 1. The summed E-state index contributed by atoms with van der Waals surface area (Å²) in [6.07, 6.45) is 2.54. The van der Waals surface area contributed by atoms with Gasteiger partial charge in [-0.05, 0) is 12.5 Å². The first kappa shape index (κ1) is 11.4. The van der Waals surface area contributed by atoms with Crippen LogP contribution in [0.1, 0.15) is 6.42 Å². The summed E-state index contributed by atoms with van der Waals surface area (Å²) < 4.78 is 0. The lowest BCUT2D eigenvalue weighted by molar-refractivity contribution is 1.09. The van der Waals surface area contributed by atoms with E-state index in [1.54, 1.807) is 24.0 Å². The van der Waals surface area contributed by atoms with Crippen LogP contribution in [-0.2, 0) is 0 Å². The summed E-state index contributed by atoms with van der Waals surface area (Å²) in [6, 6.07) is 1.69. The second-order valence-corrected chi connectivity index (χ2v) is 4.64. The Morgan fingerprint density at radius 3 is 2.77 bits per heavy atom. The minimum Gasteiger partial charge on any atom is -0.247 e. The largest absolute Gasteiger partial charge is 0.247 e. The maximum atomic E-state index is 5.91. The number of aromatic nitrogens is 1. The quantitative estimate of drug-likeness (QED) is 0.457. The van der Waals surface area contributed by atoms with Crippen molar-refractivity contribution < 1.29 is 0 Å². The molecule has 0 bridgehead atoms. The van der Waals surface area contributed by atoms with Crippen LogP contribution in [0.2, 0.25) is 10.0 Å². The van der Waals surface area contributed by atoms with E-state index in [9.17, 15) is 0 Å². The van der Waals surface area contributed by atoms with Gasteiger partial charge in [-0.2, -0.15) is 0 Å². The van der Waals surface area contributed by atoms with Crippen molar-refractivity contribution in [2.75, 3.05) is 11.6 Å². The molecule has 0 spiro atoms. The molecule has 0 aromatic carbocycles. The predicted molar refractivity (Wildman–Crippen MR) is 60.3 cm³/mol. The highest BCUT2D eigenvalue weighted by atomic mass is 35.5. The smallest absolute Gasteiger partial charge is 0.115 e. The highest BCUT2D eigenvalue weighted by Crippen LogP contribution is 2.27. The summed E-state index contributed by atoms with van der Waals surface area (Å²) in [5, 5.41) is 1.98. The molecule has 0 aliphatic rings. The molecule has 0 N–H and O–H groups in total. The van der Waals surface area contributed by atoms with Gasteiger partial charge in [-0.25, -0.2) is 4.98 Å². The fourth-order valence-corrected chi connectivity index (χ4v) is 2.37. The molecule has 1 rings (SSSR count). The van der Waals surface area contributed by atoms with E-state index in [1.165, 1.54) is 0 Å². The molecule has 72 valence electrons. The van der Waals surface area contributed by atoms with Gasteiger partial charge in [0.25, 0.3) is 0 Å². The Bertz CT molecular complexity index is 280. The average molecular weight is 257 g/mol. The second-order valence-electron chi connectivity index (χ2n) is 2.33. The first-order valence-electron chi connectivity index (χ1n) is 3.74. The van der Waals surface area contributed by atoms with Gasteiger partial charge in [0.15, 0.2) is 0 Å². The van der Waals surface area contributed by atoms with Gasteiger partial charge in [-0.3, -0.25) is 0 Å². The van der Waals surface area contributed by atoms with Crippen LogP contribution in [0.4, 0.5) is 0 Å². The van der Waals surface area contributed by atoms with E-state index < -0.39 is 0 Å². The molecular weight excluding hydrogens is 249 g/mol. The molecule has 13 heavy (non-hydrogen) atoms. The van der Waals surface area contributed by atoms with Gasteiger partial charge in [0.05, 0.1) is 10.0 Å². The summed E-state index contributed by atoms with van der Waals surface area (Å²) >= 11 is 18.7. The zero-order valence-corrected chi connectivity index (χ0v) is 9.85. The third kappa shape index (κ3) is 3.94. The Morgan fingerprint density at radius 2 is 2.15 bits per heavy atom. The predicted octanol–water partition coefficient (Wildman–Crippen LogP) is 4.11. The summed E-state index contributed by atoms with van der Waals surface area (Å²) in [7, 11) is 0. The zero-order chi connectivity index (χ0) is 9.68. The van der Waals surface area contributed by atoms with Gasteiger partial charge in [0.2, 0.25) is 0 Å². The standard InChI is InChI=1S/C8H8Cl3NS/c9-2-1-3-13-8-7(11)4-6(10)5-12-8/h4-5H,1-3H2. The van der Waals surface area contributed by atoms with E-state index in [-0.39, 0.29) is 0 Å². The molecule has 1 heterocycles. The Kier molecular flexibility index (Phi) is 5.25. The minimum atomic E-state index is 0.562. The summed E-state index contributed by atoms with van der Waals surface area (Å²) in [4.78, 5) is 4.11. The summed E-state index contributed by atoms with van der Waals surface area (Å²) in [5.41, 5.74) is 0. The summed E-state index contributed by atoms with van der Waals surface area (Å²) in [5.74, 6) is 1.59. The van der Waals surface area contributed by atoms with Crippen molar-refractivity contribution >= 4 is 46.6 Å². The normalized spacial score (nSPS) is 10.4. The number of hydrogen-bond donors (Lipinski definition) is 0. The first-order chi connectivity index (χ1) is 6.24. The maximum absolute atomic E-state index is 5.91. The van der Waals surface area contributed by atoms with Crippen molar-refractivity contribution in [2.45, 2.75) is 11.4 Å². The Labute approximate surface area is 96.8 Å². The van der Waals surface area contributed by atoms with Crippen LogP contribution in [0, 0.1) is 0 Å². The van der Waals surface area contributed by atoms with Crippen molar-refractivity contribution in [1.82, 2.24) is 4.98 Å². The maximum Gasteiger partial charge on any atom is 0.115 e. The van der Waals surface area contributed by atoms with E-state index in [0.717, 1.165) is 17.2 Å². The Morgan fingerprint density at radius 1 is 1.38 bits per heavy atom. The molecular formula is C8H8Cl3NS. The third-order valence-corrected chi connectivity index (χ3v) is 3.26. The monoisotopic (exact) mass is 255 g/mol. The molecule has 0 radical (unpaired) electrons. The number of alkyl halides is 1. The number of nitrogens with zero attached hydrogens (tertiary/aromatic N) is 1. The summed E-state index contributed by atoms with van der Waals surface area (Å²) in [6.45, 7) is 0. The van der Waals surface area contributed by atoms with Crippen LogP contribution >= 0.6 is 46.6 Å². The average Bonchev–Trinajstić information content (AvgIpc) is 2.09. The lowest BCUT2D eigenvalue weighted by Gasteiger charge is -2.01.